The molecular weight excluding hydrogens is 396 g/mol. The molecule has 11 heteroatoms. The molecule has 1 aromatic heterocycles. The van der Waals surface area contributed by atoms with Crippen LogP contribution >= 0.6 is 0 Å². The van der Waals surface area contributed by atoms with E-state index in [-0.39, 0.29) is 35.9 Å². The molecule has 0 unspecified atom stereocenters. The van der Waals surface area contributed by atoms with Crippen LogP contribution in [0.5, 0.6) is 0 Å². The van der Waals surface area contributed by atoms with Gasteiger partial charge in [0.15, 0.2) is 6.29 Å². The van der Waals surface area contributed by atoms with Gasteiger partial charge in [-0.2, -0.15) is 13.2 Å². The Morgan fingerprint density at radius 2 is 1.97 bits per heavy atom. The monoisotopic (exact) mass is 414 g/mol. The van der Waals surface area contributed by atoms with E-state index >= 15 is 0 Å². The van der Waals surface area contributed by atoms with Crippen molar-refractivity contribution in [2.45, 2.75) is 32.4 Å². The predicted molar refractivity (Wildman–Crippen MR) is 93.0 cm³/mol. The number of halogens is 4. The molecule has 0 radical (unpaired) electrons. The number of alkyl halides is 3. The molecule has 7 nitrogen and oxygen atoms in total. The Hall–Kier alpha value is -2.79. The number of nitrogens with one attached hydrogen (secondary N) is 1. The number of aryl methyl sites for hydroxylation is 1. The Morgan fingerprint density at radius 1 is 1.28 bits per heavy atom. The van der Waals surface area contributed by atoms with Gasteiger partial charge in [-0.25, -0.2) is 14.4 Å². The highest BCUT2D eigenvalue weighted by atomic mass is 19.4. The first-order valence-corrected chi connectivity index (χ1v) is 8.64. The van der Waals surface area contributed by atoms with Crippen LogP contribution in [0.15, 0.2) is 18.2 Å². The molecule has 1 amide bonds. The SMILES string of the molecule is Cc1nc(CC(N)=O)c(C2OCCO2)c(NCc2cccc(C(F)(F)F)c2F)n1. The van der Waals surface area contributed by atoms with E-state index in [0.29, 0.717) is 24.8 Å². The number of nitrogens with two attached hydrogens (primary N) is 1. The van der Waals surface area contributed by atoms with Gasteiger partial charge >= 0.3 is 6.18 Å². The van der Waals surface area contributed by atoms with Gasteiger partial charge in [-0.15, -0.1) is 0 Å². The molecule has 1 fully saturated rings. The lowest BCUT2D eigenvalue weighted by molar-refractivity contribution is -0.140. The van der Waals surface area contributed by atoms with Crippen molar-refractivity contribution in [1.29, 1.82) is 0 Å². The lowest BCUT2D eigenvalue weighted by atomic mass is 10.1. The van der Waals surface area contributed by atoms with Crippen LogP contribution in [0.3, 0.4) is 0 Å². The van der Waals surface area contributed by atoms with E-state index in [9.17, 15) is 22.4 Å². The van der Waals surface area contributed by atoms with Crippen LogP contribution in [0.4, 0.5) is 23.4 Å². The molecule has 0 spiro atoms. The zero-order valence-corrected chi connectivity index (χ0v) is 15.3. The minimum absolute atomic E-state index is 0.164. The van der Waals surface area contributed by atoms with Crippen molar-refractivity contribution in [3.63, 3.8) is 0 Å². The van der Waals surface area contributed by atoms with E-state index in [2.05, 4.69) is 15.3 Å². The number of amides is 1. The van der Waals surface area contributed by atoms with Crippen LogP contribution in [0, 0.1) is 12.7 Å². The summed E-state index contributed by atoms with van der Waals surface area (Å²) in [6.07, 6.45) is -5.90. The third-order valence-electron chi connectivity index (χ3n) is 4.17. The maximum atomic E-state index is 14.3. The molecule has 1 saturated heterocycles. The maximum absolute atomic E-state index is 14.3. The summed E-state index contributed by atoms with van der Waals surface area (Å²) in [5, 5.41) is 2.81. The van der Waals surface area contributed by atoms with Gasteiger partial charge in [-0.05, 0) is 13.0 Å². The van der Waals surface area contributed by atoms with Crippen LogP contribution in [0.2, 0.25) is 0 Å². The number of anilines is 1. The second-order valence-electron chi connectivity index (χ2n) is 6.33. The molecular formula is C18H18F4N4O3. The van der Waals surface area contributed by atoms with Crippen LogP contribution < -0.4 is 11.1 Å². The number of carbonyl (C=O) groups excluding carboxylic acids is 1. The summed E-state index contributed by atoms with van der Waals surface area (Å²) in [7, 11) is 0. The number of hydrogen-bond acceptors (Lipinski definition) is 6. The highest BCUT2D eigenvalue weighted by molar-refractivity contribution is 5.77. The number of rotatable bonds is 6. The largest absolute Gasteiger partial charge is 0.419 e. The molecule has 2 aromatic rings. The van der Waals surface area contributed by atoms with Crippen molar-refractivity contribution in [2.24, 2.45) is 5.73 Å². The molecule has 1 aliphatic heterocycles. The minimum atomic E-state index is -4.81. The number of nitrogens with zero attached hydrogens (tertiary/aromatic N) is 2. The van der Waals surface area contributed by atoms with Gasteiger partial charge in [-0.1, -0.05) is 12.1 Å². The average molecular weight is 414 g/mol. The highest BCUT2D eigenvalue weighted by Gasteiger charge is 2.35. The summed E-state index contributed by atoms with van der Waals surface area (Å²) < 4.78 is 64.0. The van der Waals surface area contributed by atoms with E-state index in [1.54, 1.807) is 6.92 Å². The fourth-order valence-electron chi connectivity index (χ4n) is 2.96. The van der Waals surface area contributed by atoms with Gasteiger partial charge in [0, 0.05) is 12.1 Å². The topological polar surface area (TPSA) is 99.4 Å². The van der Waals surface area contributed by atoms with E-state index in [4.69, 9.17) is 15.2 Å². The third-order valence-corrected chi connectivity index (χ3v) is 4.17. The second kappa shape index (κ2) is 8.29. The van der Waals surface area contributed by atoms with E-state index in [1.807, 2.05) is 0 Å². The van der Waals surface area contributed by atoms with E-state index < -0.39 is 29.8 Å². The first-order valence-electron chi connectivity index (χ1n) is 8.64. The number of ether oxygens (including phenoxy) is 2. The number of primary amides is 1. The van der Waals surface area contributed by atoms with Crippen molar-refractivity contribution in [2.75, 3.05) is 18.5 Å². The summed E-state index contributed by atoms with van der Waals surface area (Å²) in [6, 6.07) is 3.03. The molecule has 3 rings (SSSR count). The Balaban J connectivity index is 1.95. The molecule has 1 aliphatic rings. The zero-order chi connectivity index (χ0) is 21.2. The molecule has 3 N–H and O–H groups in total. The zero-order valence-electron chi connectivity index (χ0n) is 15.3. The van der Waals surface area contributed by atoms with Crippen LogP contribution in [0.1, 0.15) is 34.5 Å². The molecule has 0 bridgehead atoms. The van der Waals surface area contributed by atoms with Crippen LogP contribution in [-0.2, 0) is 33.4 Å². The summed E-state index contributed by atoms with van der Waals surface area (Å²) in [4.78, 5) is 19.8. The van der Waals surface area contributed by atoms with Gasteiger partial charge in [0.25, 0.3) is 0 Å². The lowest BCUT2D eigenvalue weighted by Gasteiger charge is -2.19. The second-order valence-corrected chi connectivity index (χ2v) is 6.33. The van der Waals surface area contributed by atoms with Gasteiger partial charge < -0.3 is 20.5 Å². The molecule has 0 saturated carbocycles. The third kappa shape index (κ3) is 4.80. The predicted octanol–water partition coefficient (Wildman–Crippen LogP) is 2.63. The smallest absolute Gasteiger partial charge is 0.369 e. The van der Waals surface area contributed by atoms with Crippen molar-refractivity contribution in [3.05, 3.63) is 52.2 Å². The average Bonchev–Trinajstić information content (AvgIpc) is 3.13. The standard InChI is InChI=1S/C18H18F4N4O3/c1-9-25-12(7-13(23)27)14(17-28-5-6-29-17)16(26-9)24-8-10-3-2-4-11(15(10)19)18(20,21)22/h2-4,17H,5-8H2,1H3,(H2,23,27)(H,24,25,26). The van der Waals surface area contributed by atoms with Gasteiger partial charge in [0.1, 0.15) is 17.5 Å². The summed E-state index contributed by atoms with van der Waals surface area (Å²) in [6.45, 7) is 1.88. The van der Waals surface area contributed by atoms with Crippen LogP contribution in [-0.4, -0.2) is 29.1 Å². The van der Waals surface area contributed by atoms with Gasteiger partial charge in [-0.3, -0.25) is 4.79 Å². The molecule has 0 aliphatic carbocycles. The summed E-state index contributed by atoms with van der Waals surface area (Å²) in [5.41, 5.74) is 4.29. The first kappa shape index (κ1) is 20.9. The maximum Gasteiger partial charge on any atom is 0.419 e. The van der Waals surface area contributed by atoms with Crippen LogP contribution in [0.25, 0.3) is 0 Å². The summed E-state index contributed by atoms with van der Waals surface area (Å²) in [5.74, 6) is -1.56. The number of aromatic nitrogens is 2. The van der Waals surface area contributed by atoms with E-state index in [0.717, 1.165) is 6.07 Å². The number of carbonyl (C=O) groups is 1. The minimum Gasteiger partial charge on any atom is -0.369 e. The Kier molecular flexibility index (Phi) is 5.99. The van der Waals surface area contributed by atoms with Gasteiger partial charge in [0.2, 0.25) is 5.91 Å². The van der Waals surface area contributed by atoms with Crippen molar-refractivity contribution < 1.29 is 31.8 Å². The Labute approximate surface area is 163 Å². The normalized spacial score (nSPS) is 14.9. The number of benzene rings is 1. The lowest BCUT2D eigenvalue weighted by Crippen LogP contribution is -2.20. The molecule has 1 aromatic carbocycles. The molecule has 0 atom stereocenters. The van der Waals surface area contributed by atoms with Gasteiger partial charge in [0.05, 0.1) is 36.5 Å². The van der Waals surface area contributed by atoms with E-state index in [1.165, 1.54) is 6.07 Å². The van der Waals surface area contributed by atoms with Crippen molar-refractivity contribution in [3.8, 4) is 0 Å². The van der Waals surface area contributed by atoms with Crippen molar-refractivity contribution >= 4 is 11.7 Å². The Morgan fingerprint density at radius 3 is 2.59 bits per heavy atom. The number of hydrogen-bond donors (Lipinski definition) is 2. The first-order chi connectivity index (χ1) is 13.7. The molecule has 29 heavy (non-hydrogen) atoms. The summed E-state index contributed by atoms with van der Waals surface area (Å²) >= 11 is 0. The van der Waals surface area contributed by atoms with Crippen molar-refractivity contribution in [1.82, 2.24) is 9.97 Å². The quantitative estimate of drug-likeness (QED) is 0.705. The fraction of sp³-hybridized carbons (Fsp3) is 0.389. The molecule has 156 valence electrons. The highest BCUT2D eigenvalue weighted by Crippen LogP contribution is 2.34. The fourth-order valence-corrected chi connectivity index (χ4v) is 2.96. The Bertz CT molecular complexity index is 915. The molecule has 2 heterocycles.